The van der Waals surface area contributed by atoms with Crippen molar-refractivity contribution in [1.82, 2.24) is 4.90 Å². The number of anilines is 1. The van der Waals surface area contributed by atoms with Crippen LogP contribution in [0.5, 0.6) is 0 Å². The van der Waals surface area contributed by atoms with Gasteiger partial charge in [0, 0.05) is 24.3 Å². The standard InChI is InChI=1S/C26H30N4O3S2/c1-17-9-10-18(2)20(14-17)27-25-30(26(3,4)16-34-25)24(31)19-11-12-21-22(15-19)35(32,33)28-23-8-6-5-7-13-29(21)23/h9-12,14-15H,5-8,13,16H2,1-4H3. The maximum Gasteiger partial charge on any atom is 0.286 e. The van der Waals surface area contributed by atoms with E-state index in [1.807, 2.05) is 50.8 Å². The number of carbonyl (C=O) groups excluding carboxylic acids is 1. The van der Waals surface area contributed by atoms with Gasteiger partial charge in [0.1, 0.15) is 10.7 Å². The quantitative estimate of drug-likeness (QED) is 0.537. The smallest absolute Gasteiger partial charge is 0.286 e. The Morgan fingerprint density at radius 1 is 1.09 bits per heavy atom. The first kappa shape index (κ1) is 24.1. The van der Waals surface area contributed by atoms with E-state index < -0.39 is 15.6 Å². The van der Waals surface area contributed by atoms with E-state index in [0.717, 1.165) is 42.6 Å². The van der Waals surface area contributed by atoms with Crippen molar-refractivity contribution in [3.63, 3.8) is 0 Å². The third kappa shape index (κ3) is 4.40. The molecule has 0 saturated carbocycles. The van der Waals surface area contributed by atoms with E-state index in [-0.39, 0.29) is 10.8 Å². The van der Waals surface area contributed by atoms with Gasteiger partial charge in [-0.25, -0.2) is 4.99 Å². The average molecular weight is 511 g/mol. The van der Waals surface area contributed by atoms with E-state index in [0.29, 0.717) is 34.4 Å². The molecule has 0 spiro atoms. The summed E-state index contributed by atoms with van der Waals surface area (Å²) < 4.78 is 30.3. The summed E-state index contributed by atoms with van der Waals surface area (Å²) in [5.74, 6) is 1.05. The van der Waals surface area contributed by atoms with Gasteiger partial charge in [-0.3, -0.25) is 9.69 Å². The molecule has 2 fully saturated rings. The molecule has 0 aliphatic carbocycles. The number of amidine groups is 2. The molecule has 9 heteroatoms. The van der Waals surface area contributed by atoms with Gasteiger partial charge in [-0.1, -0.05) is 30.3 Å². The van der Waals surface area contributed by atoms with Crippen molar-refractivity contribution in [2.45, 2.75) is 63.8 Å². The Morgan fingerprint density at radius 2 is 1.89 bits per heavy atom. The maximum absolute atomic E-state index is 13.8. The predicted octanol–water partition coefficient (Wildman–Crippen LogP) is 5.44. The van der Waals surface area contributed by atoms with Gasteiger partial charge in [0.05, 0.1) is 16.9 Å². The summed E-state index contributed by atoms with van der Waals surface area (Å²) in [6, 6.07) is 11.1. The van der Waals surface area contributed by atoms with Crippen LogP contribution in [-0.2, 0) is 10.0 Å². The molecule has 0 atom stereocenters. The second kappa shape index (κ2) is 8.78. The number of carbonyl (C=O) groups is 1. The van der Waals surface area contributed by atoms with Crippen LogP contribution in [0.1, 0.15) is 61.0 Å². The van der Waals surface area contributed by atoms with E-state index in [1.54, 1.807) is 28.8 Å². The average Bonchev–Trinajstić information content (AvgIpc) is 2.95. The number of benzene rings is 2. The Morgan fingerprint density at radius 3 is 2.69 bits per heavy atom. The third-order valence-corrected chi connectivity index (χ3v) is 9.45. The maximum atomic E-state index is 13.8. The molecule has 0 aromatic heterocycles. The first-order valence-corrected chi connectivity index (χ1v) is 14.4. The zero-order chi connectivity index (χ0) is 25.0. The van der Waals surface area contributed by atoms with Crippen molar-refractivity contribution in [3.05, 3.63) is 53.1 Å². The van der Waals surface area contributed by atoms with Crippen LogP contribution in [-0.4, -0.2) is 48.1 Å². The van der Waals surface area contributed by atoms with E-state index in [9.17, 15) is 13.2 Å². The number of sulfonamides is 1. The highest BCUT2D eigenvalue weighted by molar-refractivity contribution is 8.14. The minimum Gasteiger partial charge on any atom is -0.328 e. The fourth-order valence-corrected chi connectivity index (χ4v) is 7.28. The second-order valence-corrected chi connectivity index (χ2v) is 12.6. The van der Waals surface area contributed by atoms with Gasteiger partial charge >= 0.3 is 0 Å². The molecule has 0 bridgehead atoms. The molecule has 184 valence electrons. The number of aryl methyl sites for hydroxylation is 2. The minimum atomic E-state index is -3.87. The SMILES string of the molecule is Cc1ccc(C)c(N=C2SCC(C)(C)N2C(=O)c2ccc3c(c2)S(=O)(=O)N=C2CCCCCN23)c1. The van der Waals surface area contributed by atoms with Crippen molar-refractivity contribution >= 4 is 50.1 Å². The van der Waals surface area contributed by atoms with E-state index in [2.05, 4.69) is 4.40 Å². The predicted molar refractivity (Wildman–Crippen MR) is 143 cm³/mol. The van der Waals surface area contributed by atoms with Crippen LogP contribution in [0.25, 0.3) is 0 Å². The summed E-state index contributed by atoms with van der Waals surface area (Å²) in [5, 5.41) is 0.627. The minimum absolute atomic E-state index is 0.103. The molecule has 1 amide bonds. The van der Waals surface area contributed by atoms with Crippen LogP contribution in [0, 0.1) is 13.8 Å². The van der Waals surface area contributed by atoms with Crippen molar-refractivity contribution < 1.29 is 13.2 Å². The van der Waals surface area contributed by atoms with Crippen molar-refractivity contribution in [3.8, 4) is 0 Å². The Balaban J connectivity index is 1.55. The molecule has 3 aliphatic rings. The van der Waals surface area contributed by atoms with Crippen LogP contribution < -0.4 is 4.90 Å². The van der Waals surface area contributed by atoms with Gasteiger partial charge in [-0.2, -0.15) is 8.42 Å². The summed E-state index contributed by atoms with van der Waals surface area (Å²) in [6.45, 7) is 8.77. The molecule has 2 aromatic carbocycles. The summed E-state index contributed by atoms with van der Waals surface area (Å²) in [5.41, 5.74) is 3.44. The molecular formula is C26H30N4O3S2. The van der Waals surface area contributed by atoms with E-state index in [1.165, 1.54) is 6.07 Å². The molecule has 3 heterocycles. The van der Waals surface area contributed by atoms with Crippen LogP contribution in [0.15, 0.2) is 50.7 Å². The van der Waals surface area contributed by atoms with Crippen LogP contribution in [0.4, 0.5) is 11.4 Å². The van der Waals surface area contributed by atoms with E-state index >= 15 is 0 Å². The number of nitrogens with zero attached hydrogens (tertiary/aromatic N) is 4. The first-order valence-electron chi connectivity index (χ1n) is 12.0. The van der Waals surface area contributed by atoms with Gasteiger partial charge in [-0.15, -0.1) is 4.40 Å². The highest BCUT2D eigenvalue weighted by atomic mass is 32.2. The number of amides is 1. The Labute approximate surface area is 211 Å². The number of hydrogen-bond donors (Lipinski definition) is 0. The molecule has 2 saturated heterocycles. The highest BCUT2D eigenvalue weighted by Crippen LogP contribution is 2.39. The lowest BCUT2D eigenvalue weighted by Crippen LogP contribution is -2.46. The normalized spacial score (nSPS) is 21.8. The number of fused-ring (bicyclic) bond motifs is 3. The fourth-order valence-electron chi connectivity index (χ4n) is 4.76. The summed E-state index contributed by atoms with van der Waals surface area (Å²) in [7, 11) is -3.87. The van der Waals surface area contributed by atoms with Gasteiger partial charge < -0.3 is 4.90 Å². The summed E-state index contributed by atoms with van der Waals surface area (Å²) in [6.07, 6.45) is 3.61. The highest BCUT2D eigenvalue weighted by Gasteiger charge is 2.42. The van der Waals surface area contributed by atoms with E-state index in [4.69, 9.17) is 4.99 Å². The molecule has 35 heavy (non-hydrogen) atoms. The molecule has 7 nitrogen and oxygen atoms in total. The topological polar surface area (TPSA) is 82.4 Å². The number of aliphatic imine (C=N–C) groups is 1. The molecular weight excluding hydrogens is 480 g/mol. The number of thioether (sulfide) groups is 1. The lowest BCUT2D eigenvalue weighted by molar-refractivity contribution is 0.0767. The lowest BCUT2D eigenvalue weighted by Gasteiger charge is -2.32. The summed E-state index contributed by atoms with van der Waals surface area (Å²) in [4.78, 5) is 22.5. The molecule has 0 radical (unpaired) electrons. The molecule has 2 aromatic rings. The largest absolute Gasteiger partial charge is 0.328 e. The van der Waals surface area contributed by atoms with Gasteiger partial charge in [0.2, 0.25) is 0 Å². The fraction of sp³-hybridized carbons (Fsp3) is 0.423. The zero-order valence-corrected chi connectivity index (χ0v) is 22.2. The monoisotopic (exact) mass is 510 g/mol. The Bertz CT molecular complexity index is 1380. The number of rotatable bonds is 2. The van der Waals surface area contributed by atoms with Crippen LogP contribution in [0.2, 0.25) is 0 Å². The molecule has 0 unspecified atom stereocenters. The lowest BCUT2D eigenvalue weighted by atomic mass is 10.0. The molecule has 5 rings (SSSR count). The van der Waals surface area contributed by atoms with Crippen molar-refractivity contribution in [2.75, 3.05) is 17.2 Å². The Kier molecular flexibility index (Phi) is 6.04. The second-order valence-electron chi connectivity index (χ2n) is 10.1. The third-order valence-electron chi connectivity index (χ3n) is 6.73. The van der Waals surface area contributed by atoms with Gasteiger partial charge in [-0.05, 0) is 75.9 Å². The van der Waals surface area contributed by atoms with Crippen LogP contribution >= 0.6 is 11.8 Å². The summed E-state index contributed by atoms with van der Waals surface area (Å²) >= 11 is 1.54. The zero-order valence-electron chi connectivity index (χ0n) is 20.5. The van der Waals surface area contributed by atoms with Gasteiger partial charge in [0.25, 0.3) is 15.9 Å². The Hall–Kier alpha value is -2.65. The van der Waals surface area contributed by atoms with Crippen molar-refractivity contribution in [2.24, 2.45) is 9.39 Å². The van der Waals surface area contributed by atoms with Crippen molar-refractivity contribution in [1.29, 1.82) is 0 Å². The molecule has 0 N–H and O–H groups in total. The molecule has 3 aliphatic heterocycles. The van der Waals surface area contributed by atoms with Crippen LogP contribution in [0.3, 0.4) is 0 Å². The van der Waals surface area contributed by atoms with Gasteiger partial charge in [0.15, 0.2) is 5.17 Å². The first-order chi connectivity index (χ1) is 16.6. The number of hydrogen-bond acceptors (Lipinski definition) is 6.